The van der Waals surface area contributed by atoms with E-state index in [2.05, 4.69) is 5.32 Å². The Bertz CT molecular complexity index is 522. The van der Waals surface area contributed by atoms with E-state index in [-0.39, 0.29) is 18.1 Å². The van der Waals surface area contributed by atoms with Gasteiger partial charge in [0.05, 0.1) is 11.4 Å². The van der Waals surface area contributed by atoms with Gasteiger partial charge in [-0.05, 0) is 30.7 Å². The minimum Gasteiger partial charge on any atom is -0.388 e. The highest BCUT2D eigenvalue weighted by molar-refractivity contribution is 7.93. The number of amides is 1. The first-order valence-electron chi connectivity index (χ1n) is 5.38. The Morgan fingerprint density at radius 2 is 1.88 bits per heavy atom. The van der Waals surface area contributed by atoms with Crippen molar-refractivity contribution in [2.75, 3.05) is 22.4 Å². The van der Waals surface area contributed by atoms with E-state index >= 15 is 0 Å². The number of nitrogens with one attached hydrogen (secondary N) is 1. The molecule has 6 heteroatoms. The number of sulfonamides is 1. The van der Waals surface area contributed by atoms with Crippen LogP contribution in [0.1, 0.15) is 12.8 Å². The van der Waals surface area contributed by atoms with Crippen LogP contribution in [-0.2, 0) is 14.8 Å². The number of anilines is 2. The molecule has 92 valence electrons. The lowest BCUT2D eigenvalue weighted by molar-refractivity contribution is -0.117. The summed E-state index contributed by atoms with van der Waals surface area (Å²) in [5, 5.41) is 2.94. The van der Waals surface area contributed by atoms with Gasteiger partial charge in [-0.25, -0.2) is 12.7 Å². The highest BCUT2D eigenvalue weighted by Gasteiger charge is 2.32. The number of hydrogen-bond donors (Lipinski definition) is 1. The second-order valence-corrected chi connectivity index (χ2v) is 5.81. The number of benzene rings is 1. The zero-order chi connectivity index (χ0) is 12.5. The molecule has 1 aliphatic rings. The van der Waals surface area contributed by atoms with Crippen LogP contribution >= 0.6 is 0 Å². The minimum atomic E-state index is -3.48. The van der Waals surface area contributed by atoms with E-state index in [1.54, 1.807) is 31.3 Å². The summed E-state index contributed by atoms with van der Waals surface area (Å²) in [5.41, 5.74) is 1.28. The van der Waals surface area contributed by atoms with E-state index < -0.39 is 10.0 Å². The Balaban J connectivity index is 2.39. The molecule has 1 fully saturated rings. The van der Waals surface area contributed by atoms with Crippen molar-refractivity contribution in [1.82, 2.24) is 0 Å². The number of hydrogen-bond acceptors (Lipinski definition) is 4. The molecule has 1 saturated heterocycles. The van der Waals surface area contributed by atoms with Gasteiger partial charge in [0.15, 0.2) is 0 Å². The Labute approximate surface area is 100 Å². The van der Waals surface area contributed by atoms with Crippen LogP contribution < -0.4 is 9.62 Å². The third-order valence-corrected chi connectivity index (χ3v) is 4.46. The number of carbonyl (C=O) groups excluding carboxylic acids is 1. The molecule has 0 aliphatic carbocycles. The predicted octanol–water partition coefficient (Wildman–Crippen LogP) is 1.18. The summed E-state index contributed by atoms with van der Waals surface area (Å²) in [5.74, 6) is -0.319. The molecule has 0 bridgehead atoms. The second-order valence-electron chi connectivity index (χ2n) is 3.87. The SMILES string of the molecule is CNc1ccc(N2C(=O)CCCS2(=O)=O)cc1. The molecule has 1 amide bonds. The second kappa shape index (κ2) is 4.37. The van der Waals surface area contributed by atoms with E-state index in [1.807, 2.05) is 0 Å². The third kappa shape index (κ3) is 2.26. The van der Waals surface area contributed by atoms with Gasteiger partial charge in [0.25, 0.3) is 0 Å². The smallest absolute Gasteiger partial charge is 0.241 e. The van der Waals surface area contributed by atoms with Crippen molar-refractivity contribution in [2.24, 2.45) is 0 Å². The molecule has 1 aliphatic heterocycles. The largest absolute Gasteiger partial charge is 0.388 e. The molecule has 17 heavy (non-hydrogen) atoms. The Morgan fingerprint density at radius 3 is 2.41 bits per heavy atom. The minimum absolute atomic E-state index is 0.0342. The van der Waals surface area contributed by atoms with Gasteiger partial charge in [-0.1, -0.05) is 0 Å². The molecule has 0 saturated carbocycles. The number of rotatable bonds is 2. The van der Waals surface area contributed by atoms with Crippen molar-refractivity contribution < 1.29 is 13.2 Å². The molecule has 1 aromatic rings. The molecule has 0 aromatic heterocycles. The monoisotopic (exact) mass is 254 g/mol. The zero-order valence-electron chi connectivity index (χ0n) is 9.51. The molecular formula is C11H14N2O3S. The van der Waals surface area contributed by atoms with Crippen LogP contribution in [0.15, 0.2) is 24.3 Å². The van der Waals surface area contributed by atoms with Crippen molar-refractivity contribution in [3.63, 3.8) is 0 Å². The first-order chi connectivity index (χ1) is 8.04. The van der Waals surface area contributed by atoms with Crippen LogP contribution in [0.2, 0.25) is 0 Å². The van der Waals surface area contributed by atoms with Gasteiger partial charge in [-0.15, -0.1) is 0 Å². The number of nitrogens with zero attached hydrogens (tertiary/aromatic N) is 1. The summed E-state index contributed by atoms with van der Waals surface area (Å²) in [6, 6.07) is 6.75. The quantitative estimate of drug-likeness (QED) is 0.860. The molecular weight excluding hydrogens is 240 g/mol. The molecule has 2 rings (SSSR count). The van der Waals surface area contributed by atoms with Gasteiger partial charge in [0.1, 0.15) is 0 Å². The van der Waals surface area contributed by atoms with Gasteiger partial charge < -0.3 is 5.32 Å². The molecule has 0 unspecified atom stereocenters. The summed E-state index contributed by atoms with van der Waals surface area (Å²) in [6.07, 6.45) is 0.694. The van der Waals surface area contributed by atoms with Crippen LogP contribution in [0.5, 0.6) is 0 Å². The van der Waals surface area contributed by atoms with Gasteiger partial charge in [-0.2, -0.15) is 0 Å². The van der Waals surface area contributed by atoms with E-state index in [4.69, 9.17) is 0 Å². The van der Waals surface area contributed by atoms with E-state index in [0.29, 0.717) is 12.1 Å². The van der Waals surface area contributed by atoms with Crippen molar-refractivity contribution in [3.05, 3.63) is 24.3 Å². The average molecular weight is 254 g/mol. The predicted molar refractivity (Wildman–Crippen MR) is 66.5 cm³/mol. The summed E-state index contributed by atoms with van der Waals surface area (Å²) in [6.45, 7) is 0. The molecule has 1 heterocycles. The zero-order valence-corrected chi connectivity index (χ0v) is 10.3. The molecule has 0 radical (unpaired) electrons. The Kier molecular flexibility index (Phi) is 3.06. The van der Waals surface area contributed by atoms with Crippen LogP contribution in [0.25, 0.3) is 0 Å². The maximum atomic E-state index is 11.8. The van der Waals surface area contributed by atoms with E-state index in [1.165, 1.54) is 0 Å². The lowest BCUT2D eigenvalue weighted by Gasteiger charge is -2.26. The van der Waals surface area contributed by atoms with E-state index in [0.717, 1.165) is 9.99 Å². The average Bonchev–Trinajstić information content (AvgIpc) is 2.28. The van der Waals surface area contributed by atoms with Crippen molar-refractivity contribution in [1.29, 1.82) is 0 Å². The van der Waals surface area contributed by atoms with Crippen LogP contribution in [0.4, 0.5) is 11.4 Å². The lowest BCUT2D eigenvalue weighted by Crippen LogP contribution is -2.42. The van der Waals surface area contributed by atoms with Gasteiger partial charge in [0.2, 0.25) is 15.9 Å². The normalized spacial score (nSPS) is 19.1. The van der Waals surface area contributed by atoms with Gasteiger partial charge in [-0.3, -0.25) is 4.79 Å². The summed E-state index contributed by atoms with van der Waals surface area (Å²) in [4.78, 5) is 11.7. The molecule has 0 spiro atoms. The Hall–Kier alpha value is -1.56. The fourth-order valence-corrected chi connectivity index (χ4v) is 3.36. The Morgan fingerprint density at radius 1 is 1.24 bits per heavy atom. The molecule has 0 atom stereocenters. The number of carbonyl (C=O) groups is 1. The van der Waals surface area contributed by atoms with E-state index in [9.17, 15) is 13.2 Å². The van der Waals surface area contributed by atoms with Crippen LogP contribution in [0.3, 0.4) is 0 Å². The van der Waals surface area contributed by atoms with Crippen molar-refractivity contribution in [3.8, 4) is 0 Å². The standard InChI is InChI=1S/C11H14N2O3S/c1-12-9-4-6-10(7-5-9)13-11(14)3-2-8-17(13,15)16/h4-7,12H,2-3,8H2,1H3. The lowest BCUT2D eigenvalue weighted by atomic mass is 10.2. The highest BCUT2D eigenvalue weighted by Crippen LogP contribution is 2.25. The molecule has 1 aromatic carbocycles. The topological polar surface area (TPSA) is 66.5 Å². The fraction of sp³-hybridized carbons (Fsp3) is 0.364. The summed E-state index contributed by atoms with van der Waals surface area (Å²) >= 11 is 0. The van der Waals surface area contributed by atoms with Crippen LogP contribution in [0, 0.1) is 0 Å². The first kappa shape index (κ1) is 11.9. The van der Waals surface area contributed by atoms with Gasteiger partial charge in [0, 0.05) is 19.2 Å². The maximum Gasteiger partial charge on any atom is 0.241 e. The maximum absolute atomic E-state index is 11.8. The summed E-state index contributed by atoms with van der Waals surface area (Å²) in [7, 11) is -1.71. The summed E-state index contributed by atoms with van der Waals surface area (Å²) < 4.78 is 24.6. The highest BCUT2D eigenvalue weighted by atomic mass is 32.2. The molecule has 5 nitrogen and oxygen atoms in total. The van der Waals surface area contributed by atoms with Gasteiger partial charge >= 0.3 is 0 Å². The fourth-order valence-electron chi connectivity index (χ4n) is 1.82. The molecule has 1 N–H and O–H groups in total. The third-order valence-electron chi connectivity index (χ3n) is 2.69. The first-order valence-corrected chi connectivity index (χ1v) is 6.99. The van der Waals surface area contributed by atoms with Crippen molar-refractivity contribution >= 4 is 27.3 Å². The van der Waals surface area contributed by atoms with Crippen LogP contribution in [-0.4, -0.2) is 27.1 Å². The van der Waals surface area contributed by atoms with Crippen molar-refractivity contribution in [2.45, 2.75) is 12.8 Å².